The Morgan fingerprint density at radius 3 is 2.79 bits per heavy atom. The number of fused-ring (bicyclic) bond motifs is 2. The van der Waals surface area contributed by atoms with Crippen molar-refractivity contribution in [1.29, 1.82) is 0 Å². The van der Waals surface area contributed by atoms with Crippen molar-refractivity contribution in [2.24, 2.45) is 23.5 Å². The fourth-order valence-corrected chi connectivity index (χ4v) is 3.74. The normalized spacial score (nSPS) is 32.6. The van der Waals surface area contributed by atoms with Gasteiger partial charge < -0.3 is 5.73 Å². The van der Waals surface area contributed by atoms with Crippen LogP contribution in [0.25, 0.3) is 0 Å². The number of hydrogen-bond donors (Lipinski definition) is 2. The van der Waals surface area contributed by atoms with Crippen LogP contribution in [0.15, 0.2) is 6.07 Å². The molecule has 3 rings (SSSR count). The Morgan fingerprint density at radius 2 is 2.16 bits per heavy atom. The molecule has 2 aliphatic carbocycles. The second-order valence-corrected chi connectivity index (χ2v) is 5.97. The molecule has 1 heterocycles. The molecule has 2 aliphatic rings. The van der Waals surface area contributed by atoms with Crippen LogP contribution < -0.4 is 11.1 Å². The lowest BCUT2D eigenvalue weighted by Crippen LogP contribution is -2.42. The predicted molar refractivity (Wildman–Crippen MR) is 72.7 cm³/mol. The minimum absolute atomic E-state index is 0.0287. The van der Waals surface area contributed by atoms with E-state index in [4.69, 9.17) is 17.3 Å². The van der Waals surface area contributed by atoms with Gasteiger partial charge in [-0.15, -0.1) is 0 Å². The van der Waals surface area contributed by atoms with Gasteiger partial charge in [0.25, 0.3) is 0 Å². The van der Waals surface area contributed by atoms with Gasteiger partial charge in [0.2, 0.25) is 11.9 Å². The number of nitrogens with one attached hydrogen (secondary N) is 1. The molecule has 4 unspecified atom stereocenters. The standard InChI is InChI=1S/C13H17ClN4O/c1-6-4-9(14)17-13(16-6)18-12(19)10-7-2-3-8(5-7)11(10)15/h4,7-8,10-11H,2-3,5,15H2,1H3,(H,16,17,18,19). The summed E-state index contributed by atoms with van der Waals surface area (Å²) < 4.78 is 0. The van der Waals surface area contributed by atoms with Crippen LogP contribution in [0.1, 0.15) is 25.0 Å². The van der Waals surface area contributed by atoms with Gasteiger partial charge in [-0.05, 0) is 44.1 Å². The fourth-order valence-electron chi connectivity index (χ4n) is 3.50. The average molecular weight is 281 g/mol. The molecule has 102 valence electrons. The minimum Gasteiger partial charge on any atom is -0.327 e. The van der Waals surface area contributed by atoms with Crippen LogP contribution in [0.2, 0.25) is 5.15 Å². The molecule has 3 N–H and O–H groups in total. The molecule has 5 nitrogen and oxygen atoms in total. The zero-order chi connectivity index (χ0) is 13.6. The van der Waals surface area contributed by atoms with Crippen LogP contribution in [-0.2, 0) is 4.79 Å². The van der Waals surface area contributed by atoms with E-state index in [9.17, 15) is 4.79 Å². The molecular weight excluding hydrogens is 264 g/mol. The average Bonchev–Trinajstić information content (AvgIpc) is 2.87. The Morgan fingerprint density at radius 1 is 1.42 bits per heavy atom. The fraction of sp³-hybridized carbons (Fsp3) is 0.615. The number of rotatable bonds is 2. The summed E-state index contributed by atoms with van der Waals surface area (Å²) in [6.45, 7) is 1.81. The van der Waals surface area contributed by atoms with Gasteiger partial charge >= 0.3 is 0 Å². The van der Waals surface area contributed by atoms with Gasteiger partial charge in [-0.2, -0.15) is 0 Å². The first kappa shape index (κ1) is 12.8. The summed E-state index contributed by atoms with van der Waals surface area (Å²) in [5.41, 5.74) is 6.88. The van der Waals surface area contributed by atoms with Gasteiger partial charge in [0, 0.05) is 11.7 Å². The van der Waals surface area contributed by atoms with E-state index >= 15 is 0 Å². The summed E-state index contributed by atoms with van der Waals surface area (Å²) in [5.74, 6) is 1.01. The third kappa shape index (κ3) is 2.32. The lowest BCUT2D eigenvalue weighted by molar-refractivity contribution is -0.121. The molecule has 0 saturated heterocycles. The van der Waals surface area contributed by atoms with Gasteiger partial charge in [0.1, 0.15) is 5.15 Å². The van der Waals surface area contributed by atoms with Gasteiger partial charge in [0.15, 0.2) is 0 Å². The molecule has 2 saturated carbocycles. The number of aromatic nitrogens is 2. The maximum Gasteiger partial charge on any atom is 0.231 e. The molecule has 2 fully saturated rings. The Labute approximate surface area is 116 Å². The molecule has 0 aliphatic heterocycles. The number of nitrogens with two attached hydrogens (primary N) is 1. The predicted octanol–water partition coefficient (Wildman–Crippen LogP) is 1.75. The number of carbonyl (C=O) groups is 1. The molecular formula is C13H17ClN4O. The second kappa shape index (κ2) is 4.72. The van der Waals surface area contributed by atoms with Crippen LogP contribution in [-0.4, -0.2) is 21.9 Å². The number of amides is 1. The van der Waals surface area contributed by atoms with Gasteiger partial charge in [-0.25, -0.2) is 9.97 Å². The van der Waals surface area contributed by atoms with Crippen molar-refractivity contribution in [2.75, 3.05) is 5.32 Å². The van der Waals surface area contributed by atoms with E-state index in [-0.39, 0.29) is 23.8 Å². The number of carbonyl (C=O) groups excluding carboxylic acids is 1. The van der Waals surface area contributed by atoms with Crippen molar-refractivity contribution in [3.63, 3.8) is 0 Å². The van der Waals surface area contributed by atoms with Gasteiger partial charge in [0.05, 0.1) is 5.92 Å². The number of nitrogens with zero attached hydrogens (tertiary/aromatic N) is 2. The smallest absolute Gasteiger partial charge is 0.231 e. The van der Waals surface area contributed by atoms with Crippen LogP contribution in [0, 0.1) is 24.7 Å². The van der Waals surface area contributed by atoms with E-state index in [1.165, 1.54) is 0 Å². The lowest BCUT2D eigenvalue weighted by Gasteiger charge is -2.26. The first-order chi connectivity index (χ1) is 9.04. The molecule has 6 heteroatoms. The largest absolute Gasteiger partial charge is 0.327 e. The highest BCUT2D eigenvalue weighted by Gasteiger charge is 2.49. The van der Waals surface area contributed by atoms with Crippen molar-refractivity contribution < 1.29 is 4.79 Å². The highest BCUT2D eigenvalue weighted by molar-refractivity contribution is 6.29. The number of anilines is 1. The SMILES string of the molecule is Cc1cc(Cl)nc(NC(=O)C2C3CCC(C3)C2N)n1. The third-order valence-electron chi connectivity index (χ3n) is 4.34. The highest BCUT2D eigenvalue weighted by Crippen LogP contribution is 2.47. The minimum atomic E-state index is -0.110. The van der Waals surface area contributed by atoms with Crippen LogP contribution in [0.3, 0.4) is 0 Å². The Kier molecular flexibility index (Phi) is 3.19. The highest BCUT2D eigenvalue weighted by atomic mass is 35.5. The molecule has 19 heavy (non-hydrogen) atoms. The zero-order valence-corrected chi connectivity index (χ0v) is 11.5. The molecule has 4 atom stereocenters. The zero-order valence-electron chi connectivity index (χ0n) is 10.8. The summed E-state index contributed by atoms with van der Waals surface area (Å²) in [4.78, 5) is 20.5. The van der Waals surface area contributed by atoms with Crippen molar-refractivity contribution >= 4 is 23.5 Å². The van der Waals surface area contributed by atoms with Crippen molar-refractivity contribution in [3.8, 4) is 0 Å². The van der Waals surface area contributed by atoms with Gasteiger partial charge in [-0.1, -0.05) is 11.6 Å². The summed E-state index contributed by atoms with van der Waals surface area (Å²) in [6, 6.07) is 1.62. The number of aryl methyl sites for hydroxylation is 1. The monoisotopic (exact) mass is 280 g/mol. The van der Waals surface area contributed by atoms with E-state index in [2.05, 4.69) is 15.3 Å². The van der Waals surface area contributed by atoms with Crippen molar-refractivity contribution in [1.82, 2.24) is 9.97 Å². The van der Waals surface area contributed by atoms with E-state index < -0.39 is 0 Å². The summed E-state index contributed by atoms with van der Waals surface area (Å²) >= 11 is 5.86. The first-order valence-electron chi connectivity index (χ1n) is 6.62. The maximum atomic E-state index is 12.3. The summed E-state index contributed by atoms with van der Waals surface area (Å²) in [6.07, 6.45) is 3.34. The Balaban J connectivity index is 1.75. The van der Waals surface area contributed by atoms with Crippen LogP contribution in [0.5, 0.6) is 0 Å². The third-order valence-corrected chi connectivity index (χ3v) is 4.53. The maximum absolute atomic E-state index is 12.3. The Bertz CT molecular complexity index is 499. The molecule has 1 amide bonds. The van der Waals surface area contributed by atoms with E-state index in [0.29, 0.717) is 17.0 Å². The molecule has 0 radical (unpaired) electrons. The summed E-state index contributed by atoms with van der Waals surface area (Å²) in [7, 11) is 0. The molecule has 2 bridgehead atoms. The quantitative estimate of drug-likeness (QED) is 0.809. The molecule has 0 aromatic carbocycles. The second-order valence-electron chi connectivity index (χ2n) is 5.58. The van der Waals surface area contributed by atoms with E-state index in [0.717, 1.165) is 25.0 Å². The molecule has 1 aromatic rings. The van der Waals surface area contributed by atoms with E-state index in [1.807, 2.05) is 6.92 Å². The first-order valence-corrected chi connectivity index (χ1v) is 7.00. The topological polar surface area (TPSA) is 80.9 Å². The number of hydrogen-bond acceptors (Lipinski definition) is 4. The van der Waals surface area contributed by atoms with Crippen LogP contribution >= 0.6 is 11.6 Å². The van der Waals surface area contributed by atoms with Crippen molar-refractivity contribution in [3.05, 3.63) is 16.9 Å². The molecule has 1 aromatic heterocycles. The number of halogens is 1. The van der Waals surface area contributed by atoms with Gasteiger partial charge in [-0.3, -0.25) is 10.1 Å². The van der Waals surface area contributed by atoms with Crippen molar-refractivity contribution in [2.45, 2.75) is 32.2 Å². The molecule has 0 spiro atoms. The summed E-state index contributed by atoms with van der Waals surface area (Å²) in [5, 5.41) is 3.09. The van der Waals surface area contributed by atoms with E-state index in [1.54, 1.807) is 6.07 Å². The lowest BCUT2D eigenvalue weighted by atomic mass is 9.84. The van der Waals surface area contributed by atoms with Crippen LogP contribution in [0.4, 0.5) is 5.95 Å². The Hall–Kier alpha value is -1.20.